The van der Waals surface area contributed by atoms with Gasteiger partial charge in [0.25, 0.3) is 5.91 Å². The van der Waals surface area contributed by atoms with Crippen LogP contribution >= 0.6 is 28.3 Å². The second kappa shape index (κ2) is 8.35. The molecule has 0 bridgehead atoms. The van der Waals surface area contributed by atoms with Gasteiger partial charge in [0, 0.05) is 38.6 Å². The molecular weight excluding hydrogens is 410 g/mol. The van der Waals surface area contributed by atoms with Crippen molar-refractivity contribution in [1.82, 2.24) is 9.97 Å². The van der Waals surface area contributed by atoms with Gasteiger partial charge in [-0.2, -0.15) is 0 Å². The van der Waals surface area contributed by atoms with Crippen LogP contribution in [0, 0.1) is 0 Å². The van der Waals surface area contributed by atoms with E-state index in [-0.39, 0.29) is 24.4 Å². The van der Waals surface area contributed by atoms with Crippen LogP contribution in [0.2, 0.25) is 0 Å². The number of aromatic amines is 1. The predicted molar refractivity (Wildman–Crippen MR) is 106 cm³/mol. The lowest BCUT2D eigenvalue weighted by atomic mass is 10.1. The van der Waals surface area contributed by atoms with Gasteiger partial charge in [0.15, 0.2) is 0 Å². The lowest BCUT2D eigenvalue weighted by molar-refractivity contribution is -0.124. The zero-order chi connectivity index (χ0) is 17.3. The van der Waals surface area contributed by atoms with Gasteiger partial charge in [-0.15, -0.1) is 12.4 Å². The number of hydrogen-bond donors (Lipinski definition) is 3. The van der Waals surface area contributed by atoms with Crippen molar-refractivity contribution in [3.63, 3.8) is 0 Å². The summed E-state index contributed by atoms with van der Waals surface area (Å²) in [5.74, 6) is -0.195. The second-order valence-electron chi connectivity index (χ2n) is 6.10. The lowest BCUT2D eigenvalue weighted by Gasteiger charge is -2.33. The molecule has 4 N–H and O–H groups in total. The minimum atomic E-state index is -0.526. The van der Waals surface area contributed by atoms with Crippen LogP contribution in [0.15, 0.2) is 16.9 Å². The molecule has 2 aromatic rings. The van der Waals surface area contributed by atoms with Crippen molar-refractivity contribution in [2.24, 2.45) is 5.73 Å². The third kappa shape index (κ3) is 4.08. The summed E-state index contributed by atoms with van der Waals surface area (Å²) in [5.41, 5.74) is 8.58. The fourth-order valence-electron chi connectivity index (χ4n) is 3.02. The average molecular weight is 433 g/mol. The average Bonchev–Trinajstić information content (AvgIpc) is 2.96. The van der Waals surface area contributed by atoms with Gasteiger partial charge >= 0.3 is 0 Å². The first-order valence-corrected chi connectivity index (χ1v) is 8.80. The summed E-state index contributed by atoms with van der Waals surface area (Å²) >= 11 is 3.60. The number of halogens is 2. The lowest BCUT2D eigenvalue weighted by Crippen LogP contribution is -2.43. The zero-order valence-electron chi connectivity index (χ0n) is 14.2. The van der Waals surface area contributed by atoms with E-state index in [4.69, 9.17) is 10.5 Å². The molecule has 9 heteroatoms. The quantitative estimate of drug-likeness (QED) is 0.690. The number of nitrogens with two attached hydrogens (primary N) is 1. The summed E-state index contributed by atoms with van der Waals surface area (Å²) in [4.78, 5) is 22.0. The number of ether oxygens (including phenoxy) is 1. The Bertz CT molecular complexity index is 753. The van der Waals surface area contributed by atoms with Gasteiger partial charge in [0.1, 0.15) is 11.8 Å². The predicted octanol–water partition coefficient (Wildman–Crippen LogP) is 2.65. The fourth-order valence-corrected chi connectivity index (χ4v) is 3.57. The first kappa shape index (κ1) is 20.0. The molecule has 0 aromatic carbocycles. The van der Waals surface area contributed by atoms with Crippen LogP contribution in [0.25, 0.3) is 11.0 Å². The summed E-state index contributed by atoms with van der Waals surface area (Å²) in [6.07, 6.45) is 5.09. The fraction of sp³-hybridized carbons (Fsp3) is 0.500. The maximum absolute atomic E-state index is 12.2. The van der Waals surface area contributed by atoms with Crippen LogP contribution in [-0.4, -0.2) is 48.2 Å². The van der Waals surface area contributed by atoms with Crippen molar-refractivity contribution in [3.05, 3.63) is 16.9 Å². The standard InChI is InChI=1S/C16H22BrN5O2.ClH/c1-9(24-2)16(23)21-12-7-20-15-13(12)14(11(17)6-19-15)22-5-3-4-10(18)8-22;/h6-7,9-10H,3-5,8,18H2,1-2H3,(H,19,20)(H,21,23);1H/t9?,10-;/m1./s1. The van der Waals surface area contributed by atoms with Crippen molar-refractivity contribution in [3.8, 4) is 0 Å². The number of methoxy groups -OCH3 is 1. The number of fused-ring (bicyclic) bond motifs is 1. The Labute approximate surface area is 161 Å². The van der Waals surface area contributed by atoms with E-state index in [0.717, 1.165) is 47.1 Å². The Morgan fingerprint density at radius 2 is 2.36 bits per heavy atom. The van der Waals surface area contributed by atoms with Crippen LogP contribution in [0.4, 0.5) is 11.4 Å². The van der Waals surface area contributed by atoms with E-state index in [0.29, 0.717) is 5.69 Å². The number of aromatic nitrogens is 2. The highest BCUT2D eigenvalue weighted by Crippen LogP contribution is 2.38. The monoisotopic (exact) mass is 431 g/mol. The third-order valence-corrected chi connectivity index (χ3v) is 4.96. The minimum absolute atomic E-state index is 0. The van der Waals surface area contributed by atoms with E-state index in [2.05, 4.69) is 36.1 Å². The smallest absolute Gasteiger partial charge is 0.253 e. The van der Waals surface area contributed by atoms with Crippen molar-refractivity contribution in [2.45, 2.75) is 31.9 Å². The van der Waals surface area contributed by atoms with Crippen LogP contribution in [0.1, 0.15) is 19.8 Å². The molecule has 0 radical (unpaired) electrons. The number of carbonyl (C=O) groups is 1. The molecule has 2 aromatic heterocycles. The third-order valence-electron chi connectivity index (χ3n) is 4.38. The van der Waals surface area contributed by atoms with Gasteiger partial charge < -0.3 is 25.7 Å². The van der Waals surface area contributed by atoms with Crippen molar-refractivity contribution >= 4 is 56.7 Å². The molecule has 138 valence electrons. The molecule has 2 atom stereocenters. The maximum atomic E-state index is 12.2. The Morgan fingerprint density at radius 3 is 3.04 bits per heavy atom. The van der Waals surface area contributed by atoms with Crippen molar-refractivity contribution in [2.75, 3.05) is 30.4 Å². The van der Waals surface area contributed by atoms with E-state index in [1.165, 1.54) is 7.11 Å². The number of nitrogens with one attached hydrogen (secondary N) is 2. The number of H-pyrrole nitrogens is 1. The first-order valence-electron chi connectivity index (χ1n) is 8.01. The summed E-state index contributed by atoms with van der Waals surface area (Å²) < 4.78 is 5.97. The molecule has 1 aliphatic rings. The van der Waals surface area contributed by atoms with E-state index in [9.17, 15) is 4.79 Å². The largest absolute Gasteiger partial charge is 0.372 e. The molecule has 0 saturated carbocycles. The Balaban J connectivity index is 0.00000225. The number of amides is 1. The highest BCUT2D eigenvalue weighted by Gasteiger charge is 2.24. The van der Waals surface area contributed by atoms with Gasteiger partial charge in [0.2, 0.25) is 0 Å². The summed E-state index contributed by atoms with van der Waals surface area (Å²) in [6.45, 7) is 3.42. The van der Waals surface area contributed by atoms with Gasteiger partial charge in [-0.25, -0.2) is 4.98 Å². The zero-order valence-corrected chi connectivity index (χ0v) is 16.6. The van der Waals surface area contributed by atoms with Crippen LogP contribution in [0.5, 0.6) is 0 Å². The molecule has 25 heavy (non-hydrogen) atoms. The van der Waals surface area contributed by atoms with E-state index >= 15 is 0 Å². The number of carbonyl (C=O) groups excluding carboxylic acids is 1. The molecule has 0 aliphatic carbocycles. The van der Waals surface area contributed by atoms with Crippen LogP contribution in [0.3, 0.4) is 0 Å². The number of nitrogens with zero attached hydrogens (tertiary/aromatic N) is 2. The molecular formula is C16H23BrClN5O2. The molecule has 1 aliphatic heterocycles. The molecule has 7 nitrogen and oxygen atoms in total. The minimum Gasteiger partial charge on any atom is -0.372 e. The second-order valence-corrected chi connectivity index (χ2v) is 6.95. The number of hydrogen-bond acceptors (Lipinski definition) is 5. The normalized spacial score (nSPS) is 18.7. The topological polar surface area (TPSA) is 96.3 Å². The molecule has 0 spiro atoms. The van der Waals surface area contributed by atoms with E-state index in [1.807, 2.05) is 0 Å². The highest BCUT2D eigenvalue weighted by molar-refractivity contribution is 9.10. The van der Waals surface area contributed by atoms with E-state index < -0.39 is 6.10 Å². The van der Waals surface area contributed by atoms with Gasteiger partial charge in [-0.1, -0.05) is 0 Å². The number of pyridine rings is 1. The maximum Gasteiger partial charge on any atom is 0.253 e. The summed E-state index contributed by atoms with van der Waals surface area (Å²) in [5, 5.41) is 3.80. The SMILES string of the molecule is COC(C)C(=O)Nc1c[nH]c2ncc(Br)c(N3CCC[C@@H](N)C3)c12.Cl. The molecule has 3 heterocycles. The van der Waals surface area contributed by atoms with Crippen molar-refractivity contribution in [1.29, 1.82) is 0 Å². The van der Waals surface area contributed by atoms with Gasteiger partial charge in [-0.05, 0) is 35.7 Å². The van der Waals surface area contributed by atoms with Crippen LogP contribution < -0.4 is 16.0 Å². The van der Waals surface area contributed by atoms with Gasteiger partial charge in [-0.3, -0.25) is 4.79 Å². The first-order chi connectivity index (χ1) is 11.5. The van der Waals surface area contributed by atoms with E-state index in [1.54, 1.807) is 19.3 Å². The Hall–Kier alpha value is -1.35. The molecule has 1 amide bonds. The number of anilines is 2. The van der Waals surface area contributed by atoms with Crippen molar-refractivity contribution < 1.29 is 9.53 Å². The van der Waals surface area contributed by atoms with Gasteiger partial charge in [0.05, 0.1) is 21.2 Å². The Morgan fingerprint density at radius 1 is 1.60 bits per heavy atom. The molecule has 3 rings (SSSR count). The summed E-state index contributed by atoms with van der Waals surface area (Å²) in [7, 11) is 1.51. The molecule has 1 fully saturated rings. The Kier molecular flexibility index (Phi) is 6.67. The highest BCUT2D eigenvalue weighted by atomic mass is 79.9. The molecule has 1 unspecified atom stereocenters. The molecule has 1 saturated heterocycles. The summed E-state index contributed by atoms with van der Waals surface area (Å²) in [6, 6.07) is 0.152. The number of rotatable bonds is 4. The number of piperidine rings is 1. The van der Waals surface area contributed by atoms with Crippen LogP contribution in [-0.2, 0) is 9.53 Å².